The van der Waals surface area contributed by atoms with Crippen LogP contribution >= 0.6 is 0 Å². The smallest absolute Gasteiger partial charge is 0.289 e. The molecule has 4 nitrogen and oxygen atoms in total. The highest BCUT2D eigenvalue weighted by atomic mass is 16.5. The quantitative estimate of drug-likeness (QED) is 0.106. The van der Waals surface area contributed by atoms with Crippen molar-refractivity contribution in [2.45, 2.75) is 6.23 Å². The van der Waals surface area contributed by atoms with Crippen molar-refractivity contribution in [3.05, 3.63) is 200 Å². The summed E-state index contributed by atoms with van der Waals surface area (Å²) in [6.45, 7) is 0. The van der Waals surface area contributed by atoms with E-state index >= 15 is 0 Å². The minimum absolute atomic E-state index is 0.126. The third kappa shape index (κ3) is 5.30. The predicted molar refractivity (Wildman–Crippen MR) is 229 cm³/mol. The van der Waals surface area contributed by atoms with E-state index in [0.29, 0.717) is 0 Å². The number of fused-ring (bicyclic) bond motifs is 8. The summed E-state index contributed by atoms with van der Waals surface area (Å²) < 4.78 is 11.5. The Balaban J connectivity index is 1.08. The third-order valence-corrected chi connectivity index (χ3v) is 10.9. The first-order chi connectivity index (χ1) is 27.2. The van der Waals surface area contributed by atoms with Crippen LogP contribution in [0.2, 0.25) is 0 Å². The molecule has 0 amide bonds. The van der Waals surface area contributed by atoms with E-state index < -0.39 is 0 Å². The minimum Gasteiger partial charge on any atom is -0.560 e. The lowest BCUT2D eigenvalue weighted by molar-refractivity contribution is 0.0234. The summed E-state index contributed by atoms with van der Waals surface area (Å²) in [6.07, 6.45) is -0.126. The van der Waals surface area contributed by atoms with Crippen LogP contribution in [-0.2, 0) is 0 Å². The summed E-state index contributed by atoms with van der Waals surface area (Å²) >= 11 is 0. The lowest BCUT2D eigenvalue weighted by Gasteiger charge is -2.26. The van der Waals surface area contributed by atoms with E-state index in [9.17, 15) is 0 Å². The van der Waals surface area contributed by atoms with Gasteiger partial charge in [-0.3, -0.25) is 5.32 Å². The van der Waals surface area contributed by atoms with E-state index in [1.54, 1.807) is 0 Å². The Kier molecular flexibility index (Phi) is 7.20. The number of aromatic hydroxyl groups is 1. The van der Waals surface area contributed by atoms with Crippen LogP contribution in [0.1, 0.15) is 11.8 Å². The van der Waals surface area contributed by atoms with Gasteiger partial charge in [-0.2, -0.15) is 0 Å². The maximum atomic E-state index is 6.27. The molecule has 0 saturated heterocycles. The van der Waals surface area contributed by atoms with Gasteiger partial charge >= 0.3 is 0 Å². The summed E-state index contributed by atoms with van der Waals surface area (Å²) in [6, 6.07) is 69.1. The third-order valence-electron chi connectivity index (χ3n) is 10.9. The molecule has 1 unspecified atom stereocenters. The Labute approximate surface area is 318 Å². The van der Waals surface area contributed by atoms with Crippen molar-refractivity contribution >= 4 is 66.2 Å². The van der Waals surface area contributed by atoms with Crippen molar-refractivity contribution in [2.75, 3.05) is 10.2 Å². The fourth-order valence-corrected chi connectivity index (χ4v) is 8.30. The van der Waals surface area contributed by atoms with Gasteiger partial charge in [0.15, 0.2) is 0 Å². The molecule has 0 radical (unpaired) electrons. The van der Waals surface area contributed by atoms with E-state index in [1.807, 2.05) is 18.2 Å². The van der Waals surface area contributed by atoms with Crippen molar-refractivity contribution in [3.63, 3.8) is 0 Å². The maximum absolute atomic E-state index is 6.27. The largest absolute Gasteiger partial charge is 0.560 e. The van der Waals surface area contributed by atoms with Crippen LogP contribution in [0, 0.1) is 0 Å². The number of furan rings is 1. The van der Waals surface area contributed by atoms with Crippen LogP contribution in [-0.4, -0.2) is 4.74 Å². The number of nitrogens with one attached hydrogen (secondary N) is 1. The summed E-state index contributed by atoms with van der Waals surface area (Å²) in [7, 11) is 0. The summed E-state index contributed by atoms with van der Waals surface area (Å²) in [5, 5.41) is 10.5. The molecule has 55 heavy (non-hydrogen) atoms. The van der Waals surface area contributed by atoms with Crippen LogP contribution in [0.5, 0.6) is 5.75 Å². The second kappa shape index (κ2) is 12.7. The van der Waals surface area contributed by atoms with Gasteiger partial charge in [0.05, 0.1) is 10.9 Å². The fraction of sp³-hybridized carbons (Fsp3) is 0.0196. The van der Waals surface area contributed by atoms with Crippen molar-refractivity contribution in [1.82, 2.24) is 0 Å². The van der Waals surface area contributed by atoms with E-state index in [4.69, 9.17) is 9.15 Å². The number of rotatable bonds is 6. The number of anilines is 4. The standard InChI is InChI=1S/C51H34N2O2/c1-3-11-33(12-4-1)41-15-7-8-16-42(41)34-21-25-38(26-22-34)53(40-28-30-48-45(32-40)43-17-9-10-18-47(43)54-48)39-27-23-35-19-20-36-24-29-46-50(49(36)44(35)31-39)55-51(52-46)37-13-5-2-6-14-37/h1-32,51-52H/p+1. The number of hydrogen-bond donors (Lipinski definition) is 1. The molecule has 9 aromatic carbocycles. The van der Waals surface area contributed by atoms with Crippen LogP contribution in [0.15, 0.2) is 199 Å². The number of para-hydroxylation sites is 1. The first-order valence-corrected chi connectivity index (χ1v) is 18.7. The van der Waals surface area contributed by atoms with Gasteiger partial charge in [-0.15, -0.1) is 0 Å². The fourth-order valence-electron chi connectivity index (χ4n) is 8.30. The average molecular weight is 708 g/mol. The second-order valence-electron chi connectivity index (χ2n) is 14.2. The van der Waals surface area contributed by atoms with Crippen molar-refractivity contribution in [2.24, 2.45) is 0 Å². The topological polar surface area (TPSA) is 41.2 Å². The normalized spacial score (nSPS) is 13.6. The number of hydrogen-bond acceptors (Lipinski definition) is 3. The second-order valence-corrected chi connectivity index (χ2v) is 14.2. The minimum atomic E-state index is -0.126. The van der Waals surface area contributed by atoms with Gasteiger partial charge in [-0.25, -0.2) is 0 Å². The molecule has 0 bridgehead atoms. The van der Waals surface area contributed by atoms with Crippen LogP contribution < -0.4 is 10.2 Å². The monoisotopic (exact) mass is 707 g/mol. The molecule has 1 aromatic heterocycles. The van der Waals surface area contributed by atoms with E-state index in [-0.39, 0.29) is 6.23 Å². The lowest BCUT2D eigenvalue weighted by Crippen LogP contribution is -2.10. The summed E-state index contributed by atoms with van der Waals surface area (Å²) in [4.78, 5) is 2.36. The van der Waals surface area contributed by atoms with Gasteiger partial charge in [0.25, 0.3) is 12.0 Å². The molecule has 0 fully saturated rings. The zero-order valence-electron chi connectivity index (χ0n) is 29.9. The Bertz CT molecular complexity index is 3040. The molecular weight excluding hydrogens is 673 g/mol. The molecule has 2 N–H and O–H groups in total. The molecule has 2 heterocycles. The van der Waals surface area contributed by atoms with Crippen molar-refractivity contribution in [3.8, 4) is 28.0 Å². The van der Waals surface area contributed by atoms with Gasteiger partial charge in [0, 0.05) is 33.2 Å². The van der Waals surface area contributed by atoms with Crippen molar-refractivity contribution in [1.29, 1.82) is 0 Å². The molecule has 1 aliphatic heterocycles. The molecule has 4 heteroatoms. The van der Waals surface area contributed by atoms with E-state index in [1.165, 1.54) is 38.4 Å². The van der Waals surface area contributed by atoms with Crippen LogP contribution in [0.25, 0.3) is 65.7 Å². The maximum Gasteiger partial charge on any atom is 0.289 e. The molecule has 1 atom stereocenters. The van der Waals surface area contributed by atoms with Gasteiger partial charge in [-0.05, 0) is 99.8 Å². The lowest BCUT2D eigenvalue weighted by atomic mass is 9.94. The van der Waals surface area contributed by atoms with Crippen LogP contribution in [0.3, 0.4) is 0 Å². The predicted octanol–water partition coefficient (Wildman–Crippen LogP) is 14.1. The van der Waals surface area contributed by atoms with Crippen LogP contribution in [0.4, 0.5) is 22.7 Å². The summed E-state index contributed by atoms with van der Waals surface area (Å²) in [5.41, 5.74) is 11.9. The molecular formula is C51H35N2O2+. The number of nitrogens with zero attached hydrogens (tertiary/aromatic N) is 1. The van der Waals surface area contributed by atoms with E-state index in [2.05, 4.69) is 186 Å². The van der Waals surface area contributed by atoms with Gasteiger partial charge in [-0.1, -0.05) is 127 Å². The molecule has 10 aromatic rings. The Morgan fingerprint density at radius 3 is 1.84 bits per heavy atom. The first-order valence-electron chi connectivity index (χ1n) is 18.7. The SMILES string of the molecule is c1ccc(-c2ccccc2-c2ccc(N(c3ccc4oc5ccccc5c4c3)c3ccc4ccc5ccc6c(c5c4c3)[OH+]C(c3ccccc3)N6)cc2)cc1. The highest BCUT2D eigenvalue weighted by molar-refractivity contribution is 6.14. The summed E-state index contributed by atoms with van der Waals surface area (Å²) in [5.74, 6) is 1.01. The Morgan fingerprint density at radius 1 is 0.455 bits per heavy atom. The molecule has 1 aliphatic rings. The number of aliphatic hydroxyl groups is 1. The highest BCUT2D eigenvalue weighted by Crippen LogP contribution is 2.48. The number of benzene rings is 9. The molecule has 260 valence electrons. The van der Waals surface area contributed by atoms with E-state index in [0.717, 1.165) is 61.4 Å². The molecule has 0 aliphatic carbocycles. The van der Waals surface area contributed by atoms with Gasteiger partial charge in [0.2, 0.25) is 0 Å². The van der Waals surface area contributed by atoms with Crippen molar-refractivity contribution < 1.29 is 9.15 Å². The Hall–Kier alpha value is -7.30. The van der Waals surface area contributed by atoms with Gasteiger partial charge < -0.3 is 14.1 Å². The molecule has 0 saturated carbocycles. The zero-order valence-corrected chi connectivity index (χ0v) is 29.9. The molecule has 0 spiro atoms. The molecule has 11 rings (SSSR count). The highest BCUT2D eigenvalue weighted by Gasteiger charge is 2.31. The van der Waals surface area contributed by atoms with Gasteiger partial charge in [0.1, 0.15) is 16.9 Å². The zero-order chi connectivity index (χ0) is 36.3. The Morgan fingerprint density at radius 2 is 1.04 bits per heavy atom. The first kappa shape index (κ1) is 31.2. The average Bonchev–Trinajstić information content (AvgIpc) is 3.87. The number of ether oxygens (including phenoxy) is 1.